The van der Waals surface area contributed by atoms with E-state index in [4.69, 9.17) is 0 Å². The molecular weight excluding hydrogens is 272 g/mol. The minimum absolute atomic E-state index is 0.0460. The van der Waals surface area contributed by atoms with E-state index in [-0.39, 0.29) is 17.9 Å². The van der Waals surface area contributed by atoms with Gasteiger partial charge in [0.2, 0.25) is 5.91 Å². The van der Waals surface area contributed by atoms with Crippen LogP contribution in [0.4, 0.5) is 5.69 Å². The molecule has 0 heterocycles. The van der Waals surface area contributed by atoms with Crippen molar-refractivity contribution in [2.45, 2.75) is 19.9 Å². The lowest BCUT2D eigenvalue weighted by atomic mass is 10.0. The summed E-state index contributed by atoms with van der Waals surface area (Å²) in [7, 11) is 3.65. The Hall–Kier alpha value is -2.29. The lowest BCUT2D eigenvalue weighted by Gasteiger charge is -2.31. The van der Waals surface area contributed by atoms with Crippen LogP contribution in [0.3, 0.4) is 0 Å². The molecular formula is C19H24N2O. The number of benzene rings is 2. The van der Waals surface area contributed by atoms with Gasteiger partial charge in [-0.15, -0.1) is 0 Å². The molecule has 2 aromatic carbocycles. The summed E-state index contributed by atoms with van der Waals surface area (Å²) in [6, 6.07) is 18.5. The number of hydrogen-bond donors (Lipinski definition) is 1. The van der Waals surface area contributed by atoms with Crippen molar-refractivity contribution >= 4 is 11.6 Å². The molecule has 0 radical (unpaired) electrons. The van der Waals surface area contributed by atoms with Crippen molar-refractivity contribution in [2.24, 2.45) is 5.92 Å². The minimum atomic E-state index is -0.174. The Balaban J connectivity index is 2.24. The quantitative estimate of drug-likeness (QED) is 0.915. The Bertz CT molecular complexity index is 605. The van der Waals surface area contributed by atoms with E-state index in [2.05, 4.69) is 55.6 Å². The third-order valence-corrected chi connectivity index (χ3v) is 3.95. The van der Waals surface area contributed by atoms with Crippen molar-refractivity contribution in [1.29, 1.82) is 0 Å². The standard InChI is InChI=1S/C19H24N2O/c1-14(2)18(19(22)20-3)21(4)17-12-10-16(11-13-17)15-8-6-5-7-9-15/h5-14,18H,1-4H3,(H,20,22)/t18-/m0/s1. The van der Waals surface area contributed by atoms with E-state index in [1.807, 2.05) is 30.1 Å². The largest absolute Gasteiger partial charge is 0.362 e. The molecule has 0 aromatic heterocycles. The number of nitrogens with one attached hydrogen (secondary N) is 1. The van der Waals surface area contributed by atoms with E-state index in [0.29, 0.717) is 0 Å². The Morgan fingerprint density at radius 1 is 0.955 bits per heavy atom. The molecule has 1 N–H and O–H groups in total. The van der Waals surface area contributed by atoms with Crippen LogP contribution in [-0.4, -0.2) is 26.0 Å². The van der Waals surface area contributed by atoms with Gasteiger partial charge in [-0.05, 0) is 29.2 Å². The van der Waals surface area contributed by atoms with Crippen LogP contribution in [0.2, 0.25) is 0 Å². The monoisotopic (exact) mass is 296 g/mol. The second kappa shape index (κ2) is 7.12. The van der Waals surface area contributed by atoms with Crippen LogP contribution in [0.15, 0.2) is 54.6 Å². The zero-order chi connectivity index (χ0) is 16.1. The van der Waals surface area contributed by atoms with Crippen molar-refractivity contribution in [2.75, 3.05) is 19.0 Å². The Morgan fingerprint density at radius 3 is 2.00 bits per heavy atom. The van der Waals surface area contributed by atoms with Crippen LogP contribution in [0.25, 0.3) is 11.1 Å². The van der Waals surface area contributed by atoms with Gasteiger partial charge in [0.05, 0.1) is 0 Å². The van der Waals surface area contributed by atoms with Crippen LogP contribution < -0.4 is 10.2 Å². The molecule has 116 valence electrons. The molecule has 0 aliphatic rings. The second-order valence-electron chi connectivity index (χ2n) is 5.83. The number of amides is 1. The number of carbonyl (C=O) groups is 1. The van der Waals surface area contributed by atoms with Gasteiger partial charge in [-0.25, -0.2) is 0 Å². The van der Waals surface area contributed by atoms with Gasteiger partial charge in [-0.2, -0.15) is 0 Å². The van der Waals surface area contributed by atoms with Crippen LogP contribution >= 0.6 is 0 Å². The fourth-order valence-electron chi connectivity index (χ4n) is 2.75. The zero-order valence-electron chi connectivity index (χ0n) is 13.7. The molecule has 0 aliphatic carbocycles. The topological polar surface area (TPSA) is 32.3 Å². The molecule has 3 heteroatoms. The maximum Gasteiger partial charge on any atom is 0.242 e. The third kappa shape index (κ3) is 3.48. The number of likely N-dealkylation sites (N-methyl/N-ethyl adjacent to an activating group) is 2. The van der Waals surface area contributed by atoms with Gasteiger partial charge < -0.3 is 10.2 Å². The molecule has 0 fully saturated rings. The Labute approximate surface area is 133 Å². The smallest absolute Gasteiger partial charge is 0.242 e. The van der Waals surface area contributed by atoms with Gasteiger partial charge in [0.25, 0.3) is 0 Å². The van der Waals surface area contributed by atoms with Gasteiger partial charge in [0.1, 0.15) is 6.04 Å². The van der Waals surface area contributed by atoms with Gasteiger partial charge in [0.15, 0.2) is 0 Å². The van der Waals surface area contributed by atoms with Crippen LogP contribution in [0, 0.1) is 5.92 Å². The fourth-order valence-corrected chi connectivity index (χ4v) is 2.75. The number of hydrogen-bond acceptors (Lipinski definition) is 2. The summed E-state index contributed by atoms with van der Waals surface area (Å²) in [5.41, 5.74) is 3.42. The summed E-state index contributed by atoms with van der Waals surface area (Å²) in [6.45, 7) is 4.13. The SMILES string of the molecule is CNC(=O)[C@H](C(C)C)N(C)c1ccc(-c2ccccc2)cc1. The van der Waals surface area contributed by atoms with Gasteiger partial charge in [0, 0.05) is 19.8 Å². The normalized spacial score (nSPS) is 12.0. The molecule has 0 bridgehead atoms. The highest BCUT2D eigenvalue weighted by Gasteiger charge is 2.25. The average molecular weight is 296 g/mol. The Morgan fingerprint density at radius 2 is 1.50 bits per heavy atom. The van der Waals surface area contributed by atoms with Crippen LogP contribution in [0.5, 0.6) is 0 Å². The van der Waals surface area contributed by atoms with E-state index in [1.165, 1.54) is 11.1 Å². The average Bonchev–Trinajstić information content (AvgIpc) is 2.55. The molecule has 1 atom stereocenters. The first-order valence-corrected chi connectivity index (χ1v) is 7.64. The highest BCUT2D eigenvalue weighted by atomic mass is 16.2. The van der Waals surface area contributed by atoms with E-state index in [9.17, 15) is 4.79 Å². The number of carbonyl (C=O) groups excluding carboxylic acids is 1. The van der Waals surface area contributed by atoms with Crippen molar-refractivity contribution in [3.8, 4) is 11.1 Å². The van der Waals surface area contributed by atoms with E-state index >= 15 is 0 Å². The summed E-state index contributed by atoms with van der Waals surface area (Å²) in [5.74, 6) is 0.281. The summed E-state index contributed by atoms with van der Waals surface area (Å²) in [6.07, 6.45) is 0. The summed E-state index contributed by atoms with van der Waals surface area (Å²) in [4.78, 5) is 14.1. The van der Waals surface area contributed by atoms with E-state index < -0.39 is 0 Å². The molecule has 2 rings (SSSR count). The van der Waals surface area contributed by atoms with Crippen LogP contribution in [0.1, 0.15) is 13.8 Å². The second-order valence-corrected chi connectivity index (χ2v) is 5.83. The molecule has 2 aromatic rings. The predicted octanol–water partition coefficient (Wildman–Crippen LogP) is 3.56. The molecule has 0 aliphatic heterocycles. The van der Waals surface area contributed by atoms with Crippen LogP contribution in [-0.2, 0) is 4.79 Å². The summed E-state index contributed by atoms with van der Waals surface area (Å²) < 4.78 is 0. The third-order valence-electron chi connectivity index (χ3n) is 3.95. The van der Waals surface area contributed by atoms with Crippen molar-refractivity contribution in [3.63, 3.8) is 0 Å². The minimum Gasteiger partial charge on any atom is -0.362 e. The number of nitrogens with zero attached hydrogens (tertiary/aromatic N) is 1. The number of rotatable bonds is 5. The van der Waals surface area contributed by atoms with Gasteiger partial charge in [-0.1, -0.05) is 56.3 Å². The first-order chi connectivity index (χ1) is 10.5. The first-order valence-electron chi connectivity index (χ1n) is 7.64. The molecule has 22 heavy (non-hydrogen) atoms. The maximum absolute atomic E-state index is 12.1. The summed E-state index contributed by atoms with van der Waals surface area (Å²) in [5, 5.41) is 2.75. The highest BCUT2D eigenvalue weighted by Crippen LogP contribution is 2.24. The van der Waals surface area contributed by atoms with E-state index in [1.54, 1.807) is 7.05 Å². The Kier molecular flexibility index (Phi) is 5.21. The van der Waals surface area contributed by atoms with Crippen molar-refractivity contribution < 1.29 is 4.79 Å². The first kappa shape index (κ1) is 16.1. The molecule has 1 amide bonds. The van der Waals surface area contributed by atoms with Gasteiger partial charge in [-0.3, -0.25) is 4.79 Å². The van der Waals surface area contributed by atoms with Gasteiger partial charge >= 0.3 is 0 Å². The maximum atomic E-state index is 12.1. The molecule has 0 unspecified atom stereocenters. The van der Waals surface area contributed by atoms with Crippen molar-refractivity contribution in [1.82, 2.24) is 5.32 Å². The lowest BCUT2D eigenvalue weighted by Crippen LogP contribution is -2.47. The zero-order valence-corrected chi connectivity index (χ0v) is 13.7. The molecule has 0 saturated carbocycles. The predicted molar refractivity (Wildman–Crippen MR) is 93.0 cm³/mol. The molecule has 0 spiro atoms. The highest BCUT2D eigenvalue weighted by molar-refractivity contribution is 5.85. The lowest BCUT2D eigenvalue weighted by molar-refractivity contribution is -0.122. The number of anilines is 1. The molecule has 3 nitrogen and oxygen atoms in total. The fraction of sp³-hybridized carbons (Fsp3) is 0.316. The van der Waals surface area contributed by atoms with Crippen molar-refractivity contribution in [3.05, 3.63) is 54.6 Å². The molecule has 0 saturated heterocycles. The summed E-state index contributed by atoms with van der Waals surface area (Å²) >= 11 is 0. The van der Waals surface area contributed by atoms with E-state index in [0.717, 1.165) is 5.69 Å².